The molecule has 0 aliphatic heterocycles. The minimum absolute atomic E-state index is 0.0890. The molecule has 0 saturated heterocycles. The highest BCUT2D eigenvalue weighted by molar-refractivity contribution is 5.68. The first-order valence-corrected chi connectivity index (χ1v) is 12.0. The van der Waals surface area contributed by atoms with Gasteiger partial charge in [-0.25, -0.2) is 23.2 Å². The van der Waals surface area contributed by atoms with Gasteiger partial charge in [-0.05, 0) is 63.0 Å². The van der Waals surface area contributed by atoms with Crippen LogP contribution in [0.25, 0.3) is 11.4 Å². The number of nitrogens with zero attached hydrogens (tertiary/aromatic N) is 5. The molecule has 0 N–H and O–H groups in total. The summed E-state index contributed by atoms with van der Waals surface area (Å²) in [7, 11) is 3.18. The zero-order chi connectivity index (χ0) is 24.1. The van der Waals surface area contributed by atoms with Crippen molar-refractivity contribution < 1.29 is 23.0 Å². The minimum atomic E-state index is -2.70. The van der Waals surface area contributed by atoms with Crippen LogP contribution in [-0.4, -0.2) is 56.1 Å². The van der Waals surface area contributed by atoms with E-state index in [1.807, 2.05) is 19.1 Å². The molecule has 0 unspecified atom stereocenters. The summed E-state index contributed by atoms with van der Waals surface area (Å²) in [4.78, 5) is 18.3. The smallest absolute Gasteiger partial charge is 0.410 e. The number of carbonyl (C=O) groups excluding carboxylic acids is 1. The second-order valence-electron chi connectivity index (χ2n) is 10.2. The molecule has 1 atom stereocenters. The van der Waals surface area contributed by atoms with E-state index in [0.717, 1.165) is 24.3 Å². The van der Waals surface area contributed by atoms with Crippen LogP contribution in [0.1, 0.15) is 62.8 Å². The quantitative estimate of drug-likeness (QED) is 0.605. The van der Waals surface area contributed by atoms with Gasteiger partial charge < -0.3 is 14.4 Å². The summed E-state index contributed by atoms with van der Waals surface area (Å²) in [6.07, 6.45) is 6.31. The van der Waals surface area contributed by atoms with Crippen molar-refractivity contribution in [2.45, 2.75) is 83.0 Å². The number of alkyl halides is 2. The number of amides is 1. The molecule has 2 aromatic heterocycles. The summed E-state index contributed by atoms with van der Waals surface area (Å²) in [5.74, 6) is -1.92. The second kappa shape index (κ2) is 8.46. The van der Waals surface area contributed by atoms with Crippen molar-refractivity contribution in [3.63, 3.8) is 0 Å². The molecule has 0 radical (unpaired) electrons. The molecule has 2 heterocycles. The summed E-state index contributed by atoms with van der Waals surface area (Å²) >= 11 is 0. The van der Waals surface area contributed by atoms with Gasteiger partial charge in [0.1, 0.15) is 23.7 Å². The van der Waals surface area contributed by atoms with E-state index in [-0.39, 0.29) is 25.6 Å². The highest BCUT2D eigenvalue weighted by atomic mass is 19.3. The third-order valence-corrected chi connectivity index (χ3v) is 7.60. The van der Waals surface area contributed by atoms with Crippen molar-refractivity contribution in [2.24, 2.45) is 12.5 Å². The van der Waals surface area contributed by atoms with E-state index < -0.39 is 18.1 Å². The van der Waals surface area contributed by atoms with Crippen molar-refractivity contribution in [3.05, 3.63) is 23.5 Å². The van der Waals surface area contributed by atoms with Gasteiger partial charge in [0.25, 0.3) is 5.92 Å². The van der Waals surface area contributed by atoms with E-state index in [4.69, 9.17) is 9.47 Å². The predicted molar refractivity (Wildman–Crippen MR) is 119 cm³/mol. The Hall–Kier alpha value is -2.78. The zero-order valence-corrected chi connectivity index (χ0v) is 19.9. The lowest BCUT2D eigenvalue weighted by Gasteiger charge is -2.40. The number of pyridine rings is 1. The Labute approximate surface area is 197 Å². The molecule has 3 aliphatic rings. The minimum Gasteiger partial charge on any atom is -0.489 e. The summed E-state index contributed by atoms with van der Waals surface area (Å²) < 4.78 is 39.5. The summed E-state index contributed by atoms with van der Waals surface area (Å²) in [6.45, 7) is 1.82. The monoisotopic (exact) mass is 475 g/mol. The van der Waals surface area contributed by atoms with Gasteiger partial charge in [0, 0.05) is 33.0 Å². The predicted octanol–water partition coefficient (Wildman–Crippen LogP) is 4.65. The summed E-state index contributed by atoms with van der Waals surface area (Å²) in [6, 6.07) is 3.25. The highest BCUT2D eigenvalue weighted by Crippen LogP contribution is 2.56. The van der Waals surface area contributed by atoms with Gasteiger partial charge >= 0.3 is 6.09 Å². The van der Waals surface area contributed by atoms with Crippen LogP contribution in [0.4, 0.5) is 13.6 Å². The van der Waals surface area contributed by atoms with Crippen LogP contribution < -0.4 is 4.74 Å². The lowest BCUT2D eigenvalue weighted by Crippen LogP contribution is -2.51. The zero-order valence-electron chi connectivity index (χ0n) is 19.9. The van der Waals surface area contributed by atoms with Gasteiger partial charge in [0.05, 0.1) is 17.5 Å². The average Bonchev–Trinajstić information content (AvgIpc) is 3.41. The molecule has 34 heavy (non-hydrogen) atoms. The molecule has 3 fully saturated rings. The van der Waals surface area contributed by atoms with Crippen LogP contribution in [0.15, 0.2) is 12.1 Å². The standard InChI is InChI=1S/C24H31F2N5O3/c1-15-20(34-17-5-4-8-23(13-17)9-10-23)7-6-18(27-15)21-19(31(3)29-28-21)14-33-22(32)30(2)16-11-24(25,26)12-16/h6-7,16-17H,4-5,8-14H2,1-3H3/t17-/m0/s1. The van der Waals surface area contributed by atoms with Gasteiger partial charge in [-0.2, -0.15) is 0 Å². The van der Waals surface area contributed by atoms with Crippen molar-refractivity contribution in [1.29, 1.82) is 0 Å². The fourth-order valence-corrected chi connectivity index (χ4v) is 5.13. The molecule has 8 nitrogen and oxygen atoms in total. The largest absolute Gasteiger partial charge is 0.489 e. The first-order chi connectivity index (χ1) is 16.1. The van der Waals surface area contributed by atoms with E-state index in [0.29, 0.717) is 22.5 Å². The Morgan fingerprint density at radius 3 is 2.68 bits per heavy atom. The number of hydrogen-bond acceptors (Lipinski definition) is 6. The maximum absolute atomic E-state index is 13.1. The van der Waals surface area contributed by atoms with Crippen LogP contribution in [-0.2, 0) is 18.4 Å². The highest BCUT2D eigenvalue weighted by Gasteiger charge is 2.48. The number of rotatable bonds is 6. The van der Waals surface area contributed by atoms with E-state index >= 15 is 0 Å². The van der Waals surface area contributed by atoms with E-state index in [1.54, 1.807) is 7.05 Å². The molecule has 3 aliphatic carbocycles. The molecular weight excluding hydrogens is 444 g/mol. The molecule has 1 amide bonds. The SMILES string of the molecule is Cc1nc(-c2nnn(C)c2COC(=O)N(C)C2CC(F)(F)C2)ccc1O[C@H]1CCCC2(CC2)C1. The Balaban J connectivity index is 1.24. The molecule has 10 heteroatoms. The van der Waals surface area contributed by atoms with Crippen LogP contribution >= 0.6 is 0 Å². The topological polar surface area (TPSA) is 82.4 Å². The van der Waals surface area contributed by atoms with Gasteiger partial charge in [-0.3, -0.25) is 0 Å². The number of carbonyl (C=O) groups is 1. The van der Waals surface area contributed by atoms with Gasteiger partial charge in [-0.15, -0.1) is 5.10 Å². The van der Waals surface area contributed by atoms with Crippen molar-refractivity contribution in [2.75, 3.05) is 7.05 Å². The fourth-order valence-electron chi connectivity index (χ4n) is 5.13. The molecule has 0 bridgehead atoms. The molecule has 1 spiro atoms. The summed E-state index contributed by atoms with van der Waals surface area (Å²) in [5.41, 5.74) is 3.00. The summed E-state index contributed by atoms with van der Waals surface area (Å²) in [5, 5.41) is 8.27. The second-order valence-corrected chi connectivity index (χ2v) is 10.2. The first-order valence-electron chi connectivity index (χ1n) is 12.0. The average molecular weight is 476 g/mol. The van der Waals surface area contributed by atoms with Crippen LogP contribution in [0.2, 0.25) is 0 Å². The number of halogens is 2. The van der Waals surface area contributed by atoms with E-state index in [9.17, 15) is 13.6 Å². The van der Waals surface area contributed by atoms with Gasteiger partial charge in [0.2, 0.25) is 0 Å². The van der Waals surface area contributed by atoms with E-state index in [1.165, 1.54) is 42.3 Å². The molecule has 184 valence electrons. The maximum atomic E-state index is 13.1. The Kier molecular flexibility index (Phi) is 5.72. The Morgan fingerprint density at radius 1 is 1.24 bits per heavy atom. The molecular formula is C24H31F2N5O3. The normalized spacial score (nSPS) is 22.8. The van der Waals surface area contributed by atoms with Crippen LogP contribution in [0.5, 0.6) is 5.75 Å². The Morgan fingerprint density at radius 2 is 2.00 bits per heavy atom. The van der Waals surface area contributed by atoms with E-state index in [2.05, 4.69) is 15.3 Å². The maximum Gasteiger partial charge on any atom is 0.410 e. The van der Waals surface area contributed by atoms with Gasteiger partial charge in [0.15, 0.2) is 0 Å². The van der Waals surface area contributed by atoms with Crippen molar-refractivity contribution >= 4 is 6.09 Å². The van der Waals surface area contributed by atoms with Gasteiger partial charge in [-0.1, -0.05) is 5.21 Å². The molecule has 3 saturated carbocycles. The number of ether oxygens (including phenoxy) is 2. The fraction of sp³-hybridized carbons (Fsp3) is 0.667. The van der Waals surface area contributed by atoms with Crippen molar-refractivity contribution in [1.82, 2.24) is 24.9 Å². The third kappa shape index (κ3) is 4.59. The molecule has 2 aromatic rings. The molecule has 5 rings (SSSR count). The van der Waals surface area contributed by atoms with Crippen molar-refractivity contribution in [3.8, 4) is 17.1 Å². The number of aromatic nitrogens is 4. The lowest BCUT2D eigenvalue weighted by molar-refractivity contribution is -0.115. The van der Waals surface area contributed by atoms with Crippen LogP contribution in [0, 0.1) is 12.3 Å². The third-order valence-electron chi connectivity index (χ3n) is 7.60. The lowest BCUT2D eigenvalue weighted by atomic mass is 9.84. The number of hydrogen-bond donors (Lipinski definition) is 0. The first kappa shape index (κ1) is 23.0. The Bertz CT molecular complexity index is 1080. The molecule has 0 aromatic carbocycles. The number of aryl methyl sites for hydroxylation is 2. The van der Waals surface area contributed by atoms with Crippen LogP contribution in [0.3, 0.4) is 0 Å².